The number of aliphatic carboxylic acids is 1. The molecule has 3 aromatic carbocycles. The summed E-state index contributed by atoms with van der Waals surface area (Å²) in [4.78, 5) is 25.0. The van der Waals surface area contributed by atoms with Crippen molar-refractivity contribution in [2.45, 2.75) is 65.3 Å². The van der Waals surface area contributed by atoms with Crippen LogP contribution >= 0.6 is 0 Å². The SMILES string of the molecule is COc1cc(Cn2c(CCCc3ccc(OC(C)(C)C(=O)O)cc3)nn(Cc3ccc(C)cc3)c2=O)cc(CO)c1OC. The molecule has 1 aromatic heterocycles. The van der Waals surface area contributed by atoms with Crippen LogP contribution in [0, 0.1) is 6.92 Å². The van der Waals surface area contributed by atoms with Crippen LogP contribution in [0.25, 0.3) is 0 Å². The van der Waals surface area contributed by atoms with Crippen molar-refractivity contribution >= 4 is 5.97 Å². The number of nitrogens with zero attached hydrogens (tertiary/aromatic N) is 3. The van der Waals surface area contributed by atoms with E-state index in [1.165, 1.54) is 32.7 Å². The van der Waals surface area contributed by atoms with Crippen molar-refractivity contribution in [3.63, 3.8) is 0 Å². The average molecular weight is 590 g/mol. The standard InChI is InChI=1S/C33H39N3O7/c1-22-9-11-24(12-10-22)20-36-32(40)35(19-25-17-26(21-37)30(42-5)28(18-25)41-4)29(34-36)8-6-7-23-13-15-27(16-14-23)43-33(2,3)31(38)39/h9-18,37H,6-8,19-21H2,1-5H3,(H,38,39). The molecule has 4 rings (SSSR count). The van der Waals surface area contributed by atoms with Gasteiger partial charge in [0.15, 0.2) is 17.1 Å². The summed E-state index contributed by atoms with van der Waals surface area (Å²) in [7, 11) is 3.05. The highest BCUT2D eigenvalue weighted by Crippen LogP contribution is 2.33. The van der Waals surface area contributed by atoms with E-state index in [2.05, 4.69) is 0 Å². The summed E-state index contributed by atoms with van der Waals surface area (Å²) < 4.78 is 19.7. The Morgan fingerprint density at radius 1 is 0.907 bits per heavy atom. The van der Waals surface area contributed by atoms with Crippen LogP contribution in [0.2, 0.25) is 0 Å². The minimum Gasteiger partial charge on any atom is -0.493 e. The molecule has 0 unspecified atom stereocenters. The number of hydrogen-bond donors (Lipinski definition) is 2. The third-order valence-corrected chi connectivity index (χ3v) is 7.26. The molecule has 0 saturated heterocycles. The first-order valence-corrected chi connectivity index (χ1v) is 14.1. The first-order chi connectivity index (χ1) is 20.5. The van der Waals surface area contributed by atoms with Crippen molar-refractivity contribution in [2.24, 2.45) is 0 Å². The van der Waals surface area contributed by atoms with Gasteiger partial charge in [-0.05, 0) is 74.6 Å². The fourth-order valence-corrected chi connectivity index (χ4v) is 4.81. The van der Waals surface area contributed by atoms with Gasteiger partial charge >= 0.3 is 11.7 Å². The van der Waals surface area contributed by atoms with E-state index in [0.29, 0.717) is 41.6 Å². The van der Waals surface area contributed by atoms with Gasteiger partial charge in [0.25, 0.3) is 0 Å². The van der Waals surface area contributed by atoms with Crippen molar-refractivity contribution < 1.29 is 29.2 Å². The molecule has 0 radical (unpaired) electrons. The highest BCUT2D eigenvalue weighted by molar-refractivity contribution is 5.76. The molecule has 0 aliphatic carbocycles. The van der Waals surface area contributed by atoms with Gasteiger partial charge in [0, 0.05) is 12.0 Å². The van der Waals surface area contributed by atoms with E-state index in [-0.39, 0.29) is 18.8 Å². The molecule has 1 heterocycles. The van der Waals surface area contributed by atoms with Gasteiger partial charge in [0.2, 0.25) is 0 Å². The van der Waals surface area contributed by atoms with E-state index >= 15 is 0 Å². The number of aromatic nitrogens is 3. The second-order valence-corrected chi connectivity index (χ2v) is 11.0. The number of aryl methyl sites for hydroxylation is 3. The summed E-state index contributed by atoms with van der Waals surface area (Å²) in [5.41, 5.74) is 2.97. The van der Waals surface area contributed by atoms with Crippen LogP contribution in [0.5, 0.6) is 17.2 Å². The van der Waals surface area contributed by atoms with Crippen molar-refractivity contribution in [2.75, 3.05) is 14.2 Å². The van der Waals surface area contributed by atoms with Crippen LogP contribution in [0.3, 0.4) is 0 Å². The van der Waals surface area contributed by atoms with Gasteiger partial charge in [-0.15, -0.1) is 0 Å². The minimum absolute atomic E-state index is 0.224. The predicted octanol–water partition coefficient (Wildman–Crippen LogP) is 4.38. The fraction of sp³-hybridized carbons (Fsp3) is 0.364. The Hall–Kier alpha value is -4.57. The number of aliphatic hydroxyl groups is 1. The lowest BCUT2D eigenvalue weighted by Crippen LogP contribution is -2.37. The monoisotopic (exact) mass is 589 g/mol. The van der Waals surface area contributed by atoms with Gasteiger partial charge < -0.3 is 24.4 Å². The average Bonchev–Trinajstić information content (AvgIpc) is 3.27. The van der Waals surface area contributed by atoms with Gasteiger partial charge in [-0.1, -0.05) is 42.0 Å². The van der Waals surface area contributed by atoms with Gasteiger partial charge in [0.05, 0.1) is 33.9 Å². The highest BCUT2D eigenvalue weighted by atomic mass is 16.5. The number of methoxy groups -OCH3 is 2. The molecule has 43 heavy (non-hydrogen) atoms. The smallest absolute Gasteiger partial charge is 0.347 e. The molecule has 0 aliphatic heterocycles. The summed E-state index contributed by atoms with van der Waals surface area (Å²) in [6, 6.07) is 19.0. The zero-order valence-corrected chi connectivity index (χ0v) is 25.3. The first-order valence-electron chi connectivity index (χ1n) is 14.1. The molecule has 0 aliphatic rings. The summed E-state index contributed by atoms with van der Waals surface area (Å²) >= 11 is 0. The van der Waals surface area contributed by atoms with Crippen LogP contribution in [-0.4, -0.2) is 50.4 Å². The quantitative estimate of drug-likeness (QED) is 0.222. The van der Waals surface area contributed by atoms with E-state index in [4.69, 9.17) is 19.3 Å². The van der Waals surface area contributed by atoms with Crippen LogP contribution in [-0.2, 0) is 37.3 Å². The highest BCUT2D eigenvalue weighted by Gasteiger charge is 2.29. The number of benzene rings is 3. The molecule has 228 valence electrons. The maximum atomic E-state index is 13.6. The maximum absolute atomic E-state index is 13.6. The van der Waals surface area contributed by atoms with E-state index in [9.17, 15) is 19.8 Å². The summed E-state index contributed by atoms with van der Waals surface area (Å²) in [6.07, 6.45) is 2.02. The third-order valence-electron chi connectivity index (χ3n) is 7.26. The van der Waals surface area contributed by atoms with Crippen molar-refractivity contribution in [3.05, 3.63) is 105 Å². The number of hydrogen-bond acceptors (Lipinski definition) is 7. The molecule has 10 nitrogen and oxygen atoms in total. The van der Waals surface area contributed by atoms with Gasteiger partial charge in [0.1, 0.15) is 11.6 Å². The fourth-order valence-electron chi connectivity index (χ4n) is 4.81. The van der Waals surface area contributed by atoms with E-state index in [0.717, 1.165) is 35.1 Å². The summed E-state index contributed by atoms with van der Waals surface area (Å²) in [6.45, 7) is 5.39. The number of carboxylic acid groups (broad SMARTS) is 1. The van der Waals surface area contributed by atoms with Gasteiger partial charge in [-0.25, -0.2) is 14.3 Å². The molecule has 2 N–H and O–H groups in total. The first kappa shape index (κ1) is 31.4. The predicted molar refractivity (Wildman–Crippen MR) is 162 cm³/mol. The Labute approximate surface area is 251 Å². The van der Waals surface area contributed by atoms with Gasteiger partial charge in [-0.3, -0.25) is 4.57 Å². The normalized spacial score (nSPS) is 11.4. The van der Waals surface area contributed by atoms with Crippen molar-refractivity contribution in [1.29, 1.82) is 0 Å². The van der Waals surface area contributed by atoms with E-state index < -0.39 is 11.6 Å². The number of ether oxygens (including phenoxy) is 3. The minimum atomic E-state index is -1.32. The molecular weight excluding hydrogens is 550 g/mol. The Morgan fingerprint density at radius 2 is 1.58 bits per heavy atom. The second kappa shape index (κ2) is 13.6. The maximum Gasteiger partial charge on any atom is 0.347 e. The lowest BCUT2D eigenvalue weighted by atomic mass is 10.1. The molecule has 0 saturated carbocycles. The lowest BCUT2D eigenvalue weighted by Gasteiger charge is -2.21. The number of carbonyl (C=O) groups is 1. The Kier molecular flexibility index (Phi) is 9.92. The zero-order valence-electron chi connectivity index (χ0n) is 25.3. The van der Waals surface area contributed by atoms with E-state index in [1.807, 2.05) is 49.4 Å². The molecule has 0 amide bonds. The summed E-state index contributed by atoms with van der Waals surface area (Å²) in [5.74, 6) is 1.03. The molecule has 0 atom stereocenters. The lowest BCUT2D eigenvalue weighted by molar-refractivity contribution is -0.152. The third kappa shape index (κ3) is 7.64. The molecule has 0 fully saturated rings. The molecule has 4 aromatic rings. The van der Waals surface area contributed by atoms with Crippen molar-refractivity contribution in [3.8, 4) is 17.2 Å². The molecular formula is C33H39N3O7. The Bertz CT molecular complexity index is 1580. The van der Waals surface area contributed by atoms with Crippen LogP contribution in [0.15, 0.2) is 65.5 Å². The van der Waals surface area contributed by atoms with Crippen LogP contribution < -0.4 is 19.9 Å². The number of aliphatic hydroxyl groups excluding tert-OH is 1. The second-order valence-electron chi connectivity index (χ2n) is 11.0. The Morgan fingerprint density at radius 3 is 2.19 bits per heavy atom. The van der Waals surface area contributed by atoms with Crippen LogP contribution in [0.1, 0.15) is 53.9 Å². The number of carboxylic acids is 1. The van der Waals surface area contributed by atoms with E-state index in [1.54, 1.807) is 22.8 Å². The number of rotatable bonds is 14. The van der Waals surface area contributed by atoms with Crippen molar-refractivity contribution in [1.82, 2.24) is 14.3 Å². The largest absolute Gasteiger partial charge is 0.493 e. The summed E-state index contributed by atoms with van der Waals surface area (Å²) in [5, 5.41) is 24.0. The topological polar surface area (TPSA) is 125 Å². The molecule has 0 spiro atoms. The Balaban J connectivity index is 1.57. The zero-order chi connectivity index (χ0) is 31.1. The molecule has 10 heteroatoms. The van der Waals surface area contributed by atoms with Crippen LogP contribution in [0.4, 0.5) is 0 Å². The molecule has 0 bridgehead atoms. The van der Waals surface area contributed by atoms with Gasteiger partial charge in [-0.2, -0.15) is 5.10 Å².